The first-order chi connectivity index (χ1) is 6.86. The van der Waals surface area contributed by atoms with Crippen molar-refractivity contribution in [1.82, 2.24) is 0 Å². The van der Waals surface area contributed by atoms with Crippen LogP contribution in [0.1, 0.15) is 10.9 Å². The third kappa shape index (κ3) is 1.03. The zero-order valence-electron chi connectivity index (χ0n) is 7.60. The topological polar surface area (TPSA) is 23.1 Å². The summed E-state index contributed by atoms with van der Waals surface area (Å²) < 4.78 is 0. The summed E-state index contributed by atoms with van der Waals surface area (Å²) in [5.74, 6) is 1.79. The summed E-state index contributed by atoms with van der Waals surface area (Å²) in [5, 5.41) is 1.10. The highest BCUT2D eigenvalue weighted by Crippen LogP contribution is 2.42. The van der Waals surface area contributed by atoms with Crippen molar-refractivity contribution in [2.24, 2.45) is 0 Å². The Morgan fingerprint density at radius 3 is 2.71 bits per heavy atom. The summed E-state index contributed by atoms with van der Waals surface area (Å²) >= 11 is 0. The molecule has 0 fully saturated rings. The van der Waals surface area contributed by atoms with Crippen LogP contribution < -0.4 is 4.89 Å². The Labute approximate surface area is 83.8 Å². The van der Waals surface area contributed by atoms with Crippen LogP contribution in [-0.4, -0.2) is 0 Å². The van der Waals surface area contributed by atoms with Crippen molar-refractivity contribution in [3.63, 3.8) is 0 Å². The third-order valence-corrected chi connectivity index (χ3v) is 4.10. The summed E-state index contributed by atoms with van der Waals surface area (Å²) in [5.41, 5.74) is 3.75. The van der Waals surface area contributed by atoms with E-state index in [9.17, 15) is 4.89 Å². The van der Waals surface area contributed by atoms with Gasteiger partial charge in [0.2, 0.25) is 0 Å². The van der Waals surface area contributed by atoms with Gasteiger partial charge in [-0.25, -0.2) is 0 Å². The average molecular weight is 200 g/mol. The highest BCUT2D eigenvalue weighted by Gasteiger charge is 2.23. The number of fused-ring (bicyclic) bond motifs is 3. The maximum atomic E-state index is 11.7. The van der Waals surface area contributed by atoms with Gasteiger partial charge >= 0.3 is 0 Å². The fourth-order valence-corrected chi connectivity index (χ4v) is 3.24. The van der Waals surface area contributed by atoms with Crippen LogP contribution in [0.25, 0.3) is 11.1 Å². The highest BCUT2D eigenvalue weighted by atomic mass is 31.1. The molecule has 0 N–H and O–H groups in total. The minimum absolute atomic E-state index is 0.863. The summed E-state index contributed by atoms with van der Waals surface area (Å²) in [4.78, 5) is 11.7. The van der Waals surface area contributed by atoms with E-state index in [0.29, 0.717) is 0 Å². The number of hydrogen-bond donors (Lipinski definition) is 0. The Kier molecular flexibility index (Phi) is 1.70. The normalized spacial score (nSPS) is 13.6. The smallest absolute Gasteiger partial charge is 0.134 e. The van der Waals surface area contributed by atoms with Crippen molar-refractivity contribution in [2.75, 3.05) is 0 Å². The van der Waals surface area contributed by atoms with Gasteiger partial charge in [-0.1, -0.05) is 24.3 Å². The molecule has 1 aliphatic rings. The highest BCUT2D eigenvalue weighted by molar-refractivity contribution is 7.42. The second-order valence-corrected chi connectivity index (χ2v) is 5.02. The lowest BCUT2D eigenvalue weighted by Gasteiger charge is -1.98. The number of hydrogen-bond acceptors (Lipinski definition) is 1. The van der Waals surface area contributed by atoms with E-state index in [2.05, 4.69) is 18.2 Å². The monoisotopic (exact) mass is 200 g/mol. The Bertz CT molecular complexity index is 505. The minimum Gasteiger partial charge on any atom is -0.626 e. The van der Waals surface area contributed by atoms with Gasteiger partial charge in [0.05, 0.1) is 7.76 Å². The molecule has 68 valence electrons. The van der Waals surface area contributed by atoms with Crippen LogP contribution >= 0.6 is 7.76 Å². The largest absolute Gasteiger partial charge is 0.626 e. The van der Waals surface area contributed by atoms with Crippen LogP contribution in [0.3, 0.4) is 0 Å². The average Bonchev–Trinajstić information content (AvgIpc) is 2.59. The van der Waals surface area contributed by atoms with E-state index in [4.69, 9.17) is 0 Å². The SMILES string of the molecule is [O-][p+]1cccc2c1Cc1ccccc1-2. The molecule has 0 saturated carbocycles. The molecule has 1 aliphatic carbocycles. The van der Waals surface area contributed by atoms with E-state index >= 15 is 0 Å². The molecule has 3 rings (SSSR count). The molecule has 1 aromatic carbocycles. The molecule has 1 heterocycles. The Morgan fingerprint density at radius 1 is 1.00 bits per heavy atom. The maximum Gasteiger partial charge on any atom is 0.134 e. The molecule has 1 nitrogen and oxygen atoms in total. The lowest BCUT2D eigenvalue weighted by atomic mass is 10.1. The summed E-state index contributed by atoms with van der Waals surface area (Å²) in [6, 6.07) is 12.3. The quantitative estimate of drug-likeness (QED) is 0.547. The van der Waals surface area contributed by atoms with Gasteiger partial charge in [0.15, 0.2) is 0 Å². The van der Waals surface area contributed by atoms with E-state index in [1.807, 2.05) is 18.2 Å². The molecule has 1 atom stereocenters. The van der Waals surface area contributed by atoms with E-state index in [1.165, 1.54) is 16.7 Å². The Balaban J connectivity index is 2.33. The molecule has 0 radical (unpaired) electrons. The summed E-state index contributed by atoms with van der Waals surface area (Å²) in [6.45, 7) is 0. The predicted octanol–water partition coefficient (Wildman–Crippen LogP) is 2.65. The molecule has 0 amide bonds. The minimum atomic E-state index is -1.26. The number of benzene rings is 1. The molecular formula is C12H9OP. The Hall–Kier alpha value is -1.17. The van der Waals surface area contributed by atoms with Crippen molar-refractivity contribution in [2.45, 2.75) is 6.42 Å². The van der Waals surface area contributed by atoms with Gasteiger partial charge in [0, 0.05) is 12.0 Å². The van der Waals surface area contributed by atoms with Crippen LogP contribution in [0.4, 0.5) is 0 Å². The van der Waals surface area contributed by atoms with Gasteiger partial charge in [0.25, 0.3) is 0 Å². The molecule has 2 aromatic rings. The van der Waals surface area contributed by atoms with E-state index in [1.54, 1.807) is 5.80 Å². The zero-order chi connectivity index (χ0) is 9.54. The van der Waals surface area contributed by atoms with E-state index in [-0.39, 0.29) is 0 Å². The molecule has 2 heteroatoms. The van der Waals surface area contributed by atoms with Crippen LogP contribution in [0.5, 0.6) is 0 Å². The second kappa shape index (κ2) is 2.91. The molecule has 1 aromatic heterocycles. The van der Waals surface area contributed by atoms with Crippen molar-refractivity contribution in [3.05, 3.63) is 53.1 Å². The summed E-state index contributed by atoms with van der Waals surface area (Å²) in [7, 11) is -1.26. The van der Waals surface area contributed by atoms with Gasteiger partial charge in [-0.3, -0.25) is 0 Å². The lowest BCUT2D eigenvalue weighted by molar-refractivity contribution is -0.150. The van der Waals surface area contributed by atoms with Crippen molar-refractivity contribution >= 4 is 7.76 Å². The van der Waals surface area contributed by atoms with Gasteiger partial charge in [0.1, 0.15) is 11.1 Å². The Morgan fingerprint density at radius 2 is 1.79 bits per heavy atom. The fraction of sp³-hybridized carbons (Fsp3) is 0.0833. The van der Waals surface area contributed by atoms with Gasteiger partial charge in [-0.2, -0.15) is 0 Å². The molecule has 0 bridgehead atoms. The lowest BCUT2D eigenvalue weighted by Crippen LogP contribution is -1.88. The molecule has 1 unspecified atom stereocenters. The van der Waals surface area contributed by atoms with Crippen molar-refractivity contribution < 1.29 is 4.89 Å². The molecule has 0 saturated heterocycles. The van der Waals surface area contributed by atoms with Crippen LogP contribution in [-0.2, 0) is 6.42 Å². The first-order valence-electron chi connectivity index (χ1n) is 4.65. The molecular weight excluding hydrogens is 191 g/mol. The number of rotatable bonds is 0. The fourth-order valence-electron chi connectivity index (χ4n) is 2.06. The predicted molar refractivity (Wildman–Crippen MR) is 57.2 cm³/mol. The summed E-state index contributed by atoms with van der Waals surface area (Å²) in [6.07, 6.45) is 0.863. The van der Waals surface area contributed by atoms with E-state index in [0.717, 1.165) is 11.7 Å². The van der Waals surface area contributed by atoms with Crippen molar-refractivity contribution in [3.8, 4) is 11.1 Å². The first kappa shape index (κ1) is 8.16. The molecule has 14 heavy (non-hydrogen) atoms. The van der Waals surface area contributed by atoms with E-state index < -0.39 is 7.76 Å². The van der Waals surface area contributed by atoms with Crippen LogP contribution in [0.15, 0.2) is 42.2 Å². The van der Waals surface area contributed by atoms with Gasteiger partial charge < -0.3 is 4.89 Å². The van der Waals surface area contributed by atoms with Gasteiger partial charge in [-0.05, 0) is 23.3 Å². The van der Waals surface area contributed by atoms with Crippen molar-refractivity contribution in [1.29, 1.82) is 0 Å². The third-order valence-electron chi connectivity index (χ3n) is 2.73. The molecule has 0 spiro atoms. The zero-order valence-corrected chi connectivity index (χ0v) is 8.50. The second-order valence-electron chi connectivity index (χ2n) is 3.53. The van der Waals surface area contributed by atoms with Crippen LogP contribution in [0, 0.1) is 0 Å². The first-order valence-corrected chi connectivity index (χ1v) is 5.98. The van der Waals surface area contributed by atoms with Crippen LogP contribution in [0.2, 0.25) is 0 Å². The molecule has 0 aliphatic heterocycles. The maximum absolute atomic E-state index is 11.7. The van der Waals surface area contributed by atoms with Gasteiger partial charge in [-0.15, -0.1) is 0 Å². The standard InChI is InChI=1S/C12H9OP/c13-14-7-3-6-11-10-5-2-1-4-9(10)8-12(11)14/h1-7H,8H2.